The fourth-order valence-corrected chi connectivity index (χ4v) is 4.97. The highest BCUT2D eigenvalue weighted by molar-refractivity contribution is 6.34. The molecule has 1 aromatic carbocycles. The van der Waals surface area contributed by atoms with Crippen LogP contribution < -0.4 is 10.2 Å². The van der Waals surface area contributed by atoms with E-state index in [2.05, 4.69) is 47.4 Å². The van der Waals surface area contributed by atoms with Crippen molar-refractivity contribution >= 4 is 35.2 Å². The van der Waals surface area contributed by atoms with Crippen LogP contribution >= 0.6 is 11.6 Å². The molecule has 1 aromatic rings. The fourth-order valence-electron chi connectivity index (χ4n) is 4.64. The van der Waals surface area contributed by atoms with Gasteiger partial charge in [-0.1, -0.05) is 61.2 Å². The van der Waals surface area contributed by atoms with Crippen LogP contribution in [0.1, 0.15) is 18.1 Å². The number of fused-ring (bicyclic) bond motifs is 1. The Morgan fingerprint density at radius 1 is 1.16 bits per heavy atom. The molecule has 1 saturated heterocycles. The van der Waals surface area contributed by atoms with Crippen molar-refractivity contribution in [2.45, 2.75) is 33.0 Å². The summed E-state index contributed by atoms with van der Waals surface area (Å²) in [6, 6.07) is 3.94. The predicted octanol–water partition coefficient (Wildman–Crippen LogP) is 4.40. The summed E-state index contributed by atoms with van der Waals surface area (Å²) < 4.78 is 0. The highest BCUT2D eigenvalue weighted by Gasteiger charge is 2.37. The van der Waals surface area contributed by atoms with Gasteiger partial charge in [0.2, 0.25) is 5.91 Å². The molecule has 1 fully saturated rings. The zero-order chi connectivity index (χ0) is 26.5. The molecular formula is C29H35ClN6O. The number of rotatable bonds is 8. The summed E-state index contributed by atoms with van der Waals surface area (Å²) in [5.41, 5.74) is 5.06. The number of halogens is 1. The summed E-state index contributed by atoms with van der Waals surface area (Å²) in [5.74, 6) is 0.829. The molecule has 3 aliphatic rings. The molecule has 37 heavy (non-hydrogen) atoms. The molecule has 0 bridgehead atoms. The average Bonchev–Trinajstić information content (AvgIpc) is 3.26. The molecule has 7 nitrogen and oxygen atoms in total. The SMILES string of the molecule is C=C/C=C\C=C/C(=C)C1N=C2C=NC(C)=CN2C1NCC(=O)N1CCN(c2ccc(C)c(C)c2Cl)CC1. The van der Waals surface area contributed by atoms with Crippen LogP contribution in [0.2, 0.25) is 5.02 Å². The fraction of sp³-hybridized carbons (Fsp3) is 0.345. The standard InChI is InChI=1S/C29H35ClN6O/c1-6-7-8-9-10-21(3)28-29(36-19-22(4)31-17-25(36)33-28)32-18-26(37)35-15-13-34(14-16-35)24-12-11-20(2)23(5)27(24)30/h6-12,17,19,28-29,32H,1,3,13-16,18H2,2,4-5H3/b8-7-,10-9-. The van der Waals surface area contributed by atoms with E-state index in [0.29, 0.717) is 13.1 Å². The number of carbonyl (C=O) groups is 1. The smallest absolute Gasteiger partial charge is 0.236 e. The van der Waals surface area contributed by atoms with Gasteiger partial charge in [-0.05, 0) is 43.5 Å². The van der Waals surface area contributed by atoms with E-state index < -0.39 is 0 Å². The van der Waals surface area contributed by atoms with E-state index in [-0.39, 0.29) is 24.7 Å². The zero-order valence-corrected chi connectivity index (χ0v) is 22.6. The van der Waals surface area contributed by atoms with Crippen LogP contribution in [0.4, 0.5) is 5.69 Å². The second-order valence-electron chi connectivity index (χ2n) is 9.46. The summed E-state index contributed by atoms with van der Waals surface area (Å²) in [4.78, 5) is 28.6. The van der Waals surface area contributed by atoms with Crippen LogP contribution in [-0.4, -0.2) is 72.7 Å². The van der Waals surface area contributed by atoms with Gasteiger partial charge in [0.25, 0.3) is 0 Å². The Labute approximate surface area is 224 Å². The van der Waals surface area contributed by atoms with E-state index in [1.165, 1.54) is 5.56 Å². The predicted molar refractivity (Wildman–Crippen MR) is 154 cm³/mol. The third-order valence-corrected chi connectivity index (χ3v) is 7.44. The van der Waals surface area contributed by atoms with E-state index in [9.17, 15) is 4.79 Å². The summed E-state index contributed by atoms with van der Waals surface area (Å²) >= 11 is 6.62. The number of benzene rings is 1. The Balaban J connectivity index is 1.38. The van der Waals surface area contributed by atoms with Gasteiger partial charge in [0.15, 0.2) is 0 Å². The largest absolute Gasteiger partial charge is 0.367 e. The van der Waals surface area contributed by atoms with Gasteiger partial charge >= 0.3 is 0 Å². The van der Waals surface area contributed by atoms with Gasteiger partial charge in [-0.3, -0.25) is 20.1 Å². The molecule has 3 heterocycles. The number of nitrogens with one attached hydrogen (secondary N) is 1. The average molecular weight is 519 g/mol. The van der Waals surface area contributed by atoms with Gasteiger partial charge in [-0.2, -0.15) is 0 Å². The van der Waals surface area contributed by atoms with Crippen molar-refractivity contribution in [1.29, 1.82) is 0 Å². The molecule has 2 atom stereocenters. The highest BCUT2D eigenvalue weighted by Crippen LogP contribution is 2.31. The monoisotopic (exact) mass is 518 g/mol. The van der Waals surface area contributed by atoms with Crippen LogP contribution in [0.3, 0.4) is 0 Å². The van der Waals surface area contributed by atoms with Crippen LogP contribution in [0.15, 0.2) is 83.1 Å². The Morgan fingerprint density at radius 2 is 1.92 bits per heavy atom. The minimum absolute atomic E-state index is 0.0690. The number of hydrogen-bond acceptors (Lipinski definition) is 6. The maximum Gasteiger partial charge on any atom is 0.236 e. The van der Waals surface area contributed by atoms with E-state index >= 15 is 0 Å². The number of amides is 1. The summed E-state index contributed by atoms with van der Waals surface area (Å²) in [6.45, 7) is 17.0. The number of amidine groups is 1. The molecule has 0 saturated carbocycles. The molecule has 0 radical (unpaired) electrons. The third kappa shape index (κ3) is 5.95. The zero-order valence-electron chi connectivity index (χ0n) is 21.8. The lowest BCUT2D eigenvalue weighted by molar-refractivity contribution is -0.130. The normalized spacial score (nSPS) is 21.5. The molecule has 1 amide bonds. The molecular weight excluding hydrogens is 484 g/mol. The third-order valence-electron chi connectivity index (χ3n) is 6.97. The lowest BCUT2D eigenvalue weighted by Crippen LogP contribution is -2.54. The molecule has 0 aromatic heterocycles. The minimum Gasteiger partial charge on any atom is -0.367 e. The van der Waals surface area contributed by atoms with Gasteiger partial charge in [-0.25, -0.2) is 0 Å². The lowest BCUT2D eigenvalue weighted by atomic mass is 10.1. The first kappa shape index (κ1) is 26.6. The van der Waals surface area contributed by atoms with Crippen molar-refractivity contribution in [3.63, 3.8) is 0 Å². The van der Waals surface area contributed by atoms with Crippen molar-refractivity contribution in [1.82, 2.24) is 15.1 Å². The van der Waals surface area contributed by atoms with Gasteiger partial charge in [0, 0.05) is 32.4 Å². The number of hydrogen-bond donors (Lipinski definition) is 1. The van der Waals surface area contributed by atoms with Crippen molar-refractivity contribution in [2.75, 3.05) is 37.6 Å². The van der Waals surface area contributed by atoms with Gasteiger partial charge in [0.05, 0.1) is 29.2 Å². The van der Waals surface area contributed by atoms with E-state index in [4.69, 9.17) is 16.6 Å². The Kier molecular flexibility index (Phi) is 8.46. The van der Waals surface area contributed by atoms with Gasteiger partial charge in [0.1, 0.15) is 18.0 Å². The second-order valence-corrected chi connectivity index (χ2v) is 9.83. The molecule has 8 heteroatoms. The molecule has 194 valence electrons. The molecule has 0 spiro atoms. The van der Waals surface area contributed by atoms with Crippen molar-refractivity contribution in [3.8, 4) is 0 Å². The number of allylic oxidation sites excluding steroid dienone is 5. The number of anilines is 1. The Hall–Kier alpha value is -3.42. The van der Waals surface area contributed by atoms with Crippen molar-refractivity contribution < 1.29 is 4.79 Å². The maximum absolute atomic E-state index is 13.2. The second kappa shape index (κ2) is 11.8. The molecule has 2 unspecified atom stereocenters. The number of aliphatic imine (C=N–C) groups is 2. The number of nitrogens with zero attached hydrogens (tertiary/aromatic N) is 5. The number of carbonyl (C=O) groups excluding carboxylic acids is 1. The van der Waals surface area contributed by atoms with Crippen LogP contribution in [0.5, 0.6) is 0 Å². The molecule has 4 rings (SSSR count). The first-order chi connectivity index (χ1) is 17.8. The highest BCUT2D eigenvalue weighted by atomic mass is 35.5. The molecule has 3 aliphatic heterocycles. The number of aryl methyl sites for hydroxylation is 1. The van der Waals surface area contributed by atoms with Crippen LogP contribution in [-0.2, 0) is 4.79 Å². The first-order valence-corrected chi connectivity index (χ1v) is 12.9. The van der Waals surface area contributed by atoms with Gasteiger partial charge in [-0.15, -0.1) is 0 Å². The topological polar surface area (TPSA) is 63.5 Å². The summed E-state index contributed by atoms with van der Waals surface area (Å²) in [6.07, 6.45) is 12.8. The maximum atomic E-state index is 13.2. The first-order valence-electron chi connectivity index (χ1n) is 12.5. The van der Waals surface area contributed by atoms with Gasteiger partial charge < -0.3 is 14.7 Å². The summed E-state index contributed by atoms with van der Waals surface area (Å²) in [5, 5.41) is 4.25. The number of piperazine rings is 1. The lowest BCUT2D eigenvalue weighted by Gasteiger charge is -2.37. The molecule has 1 N–H and O–H groups in total. The van der Waals surface area contributed by atoms with Crippen LogP contribution in [0.25, 0.3) is 0 Å². The van der Waals surface area contributed by atoms with Crippen molar-refractivity contribution in [3.05, 3.63) is 89.3 Å². The quantitative estimate of drug-likeness (QED) is 0.518. The van der Waals surface area contributed by atoms with E-state index in [1.807, 2.05) is 54.2 Å². The Morgan fingerprint density at radius 3 is 2.65 bits per heavy atom. The van der Waals surface area contributed by atoms with E-state index in [0.717, 1.165) is 46.5 Å². The summed E-state index contributed by atoms with van der Waals surface area (Å²) in [7, 11) is 0. The Bertz CT molecular complexity index is 1220. The molecule has 0 aliphatic carbocycles. The van der Waals surface area contributed by atoms with Crippen molar-refractivity contribution in [2.24, 2.45) is 9.98 Å². The minimum atomic E-state index is -0.242. The van der Waals surface area contributed by atoms with Crippen LogP contribution in [0, 0.1) is 13.8 Å². The van der Waals surface area contributed by atoms with E-state index in [1.54, 1.807) is 12.3 Å².